The highest BCUT2D eigenvalue weighted by Gasteiger charge is 2.40. The Balaban J connectivity index is 1.83. The third-order valence-electron chi connectivity index (χ3n) is 5.95. The first-order valence-corrected chi connectivity index (χ1v) is 10.1. The molecule has 3 aromatic rings. The lowest BCUT2D eigenvalue weighted by Gasteiger charge is -2.40. The molecule has 2 nitrogen and oxygen atoms in total. The van der Waals surface area contributed by atoms with Crippen molar-refractivity contribution in [2.75, 3.05) is 5.32 Å². The van der Waals surface area contributed by atoms with Crippen LogP contribution in [-0.4, -0.2) is 5.78 Å². The number of carbonyl (C=O) groups is 1. The first kappa shape index (κ1) is 17.5. The molecule has 0 unspecified atom stereocenters. The fraction of sp³-hybridized carbons (Fsp3) is 0.240. The van der Waals surface area contributed by atoms with Crippen molar-refractivity contribution in [1.29, 1.82) is 0 Å². The number of hydrogen-bond acceptors (Lipinski definition) is 2. The molecule has 1 heterocycles. The molecule has 2 aliphatic rings. The zero-order valence-corrected chi connectivity index (χ0v) is 16.8. The van der Waals surface area contributed by atoms with Crippen LogP contribution in [0, 0.1) is 5.41 Å². The van der Waals surface area contributed by atoms with Gasteiger partial charge in [-0.2, -0.15) is 0 Å². The van der Waals surface area contributed by atoms with Crippen LogP contribution in [0.5, 0.6) is 0 Å². The van der Waals surface area contributed by atoms with E-state index in [0.29, 0.717) is 6.42 Å². The molecule has 5 rings (SSSR count). The van der Waals surface area contributed by atoms with Gasteiger partial charge in [0.05, 0.1) is 6.04 Å². The number of rotatable bonds is 1. The van der Waals surface area contributed by atoms with Crippen molar-refractivity contribution in [1.82, 2.24) is 0 Å². The average molecular weight is 388 g/mol. The SMILES string of the molecule is CC1(C)CC(=O)C2=C(C1)[C@@H](c1ccccc1Cl)Nc1ccc3ccccc3c12. The van der Waals surface area contributed by atoms with Gasteiger partial charge in [0.2, 0.25) is 0 Å². The number of halogens is 1. The number of hydrogen-bond donors (Lipinski definition) is 1. The Kier molecular flexibility index (Phi) is 3.89. The Bertz CT molecular complexity index is 1160. The Morgan fingerprint density at radius 2 is 1.71 bits per heavy atom. The fourth-order valence-electron chi connectivity index (χ4n) is 4.79. The maximum absolute atomic E-state index is 13.4. The Morgan fingerprint density at radius 1 is 0.964 bits per heavy atom. The molecular formula is C25H22ClNO. The predicted molar refractivity (Wildman–Crippen MR) is 117 cm³/mol. The van der Waals surface area contributed by atoms with E-state index in [2.05, 4.69) is 49.5 Å². The molecular weight excluding hydrogens is 366 g/mol. The highest BCUT2D eigenvalue weighted by Crippen LogP contribution is 2.52. The number of nitrogens with one attached hydrogen (secondary N) is 1. The Labute approximate surface area is 170 Å². The van der Waals surface area contributed by atoms with Crippen molar-refractivity contribution in [3.63, 3.8) is 0 Å². The molecule has 0 aromatic heterocycles. The monoisotopic (exact) mass is 387 g/mol. The van der Waals surface area contributed by atoms with Gasteiger partial charge in [-0.25, -0.2) is 0 Å². The molecule has 28 heavy (non-hydrogen) atoms. The van der Waals surface area contributed by atoms with Crippen LogP contribution < -0.4 is 5.32 Å². The molecule has 1 aliphatic carbocycles. The van der Waals surface area contributed by atoms with Crippen molar-refractivity contribution >= 4 is 39.4 Å². The van der Waals surface area contributed by atoms with Crippen molar-refractivity contribution in [2.45, 2.75) is 32.7 Å². The second kappa shape index (κ2) is 6.22. The van der Waals surface area contributed by atoms with Gasteiger partial charge in [-0.1, -0.05) is 74.0 Å². The van der Waals surface area contributed by atoms with E-state index in [-0.39, 0.29) is 17.2 Å². The largest absolute Gasteiger partial charge is 0.374 e. The van der Waals surface area contributed by atoms with E-state index >= 15 is 0 Å². The fourth-order valence-corrected chi connectivity index (χ4v) is 5.04. The maximum atomic E-state index is 13.4. The van der Waals surface area contributed by atoms with Gasteiger partial charge in [-0.3, -0.25) is 4.79 Å². The first-order valence-electron chi connectivity index (χ1n) is 9.74. The number of anilines is 1. The summed E-state index contributed by atoms with van der Waals surface area (Å²) in [5, 5.41) is 6.72. The zero-order valence-electron chi connectivity index (χ0n) is 16.1. The number of allylic oxidation sites excluding steroid dienone is 1. The third kappa shape index (κ3) is 2.67. The van der Waals surface area contributed by atoms with Gasteiger partial charge < -0.3 is 5.32 Å². The van der Waals surface area contributed by atoms with E-state index < -0.39 is 0 Å². The standard InChI is InChI=1S/C25H22ClNO/c1-25(2)13-18-23(21(28)14-25)22-16-8-4-3-7-15(16)11-12-20(22)27-24(18)17-9-5-6-10-19(17)26/h3-12,24,27H,13-14H2,1-2H3/t24-/m1/s1. The lowest BCUT2D eigenvalue weighted by Crippen LogP contribution is -2.32. The lowest BCUT2D eigenvalue weighted by molar-refractivity contribution is -0.116. The van der Waals surface area contributed by atoms with Crippen LogP contribution in [0.3, 0.4) is 0 Å². The van der Waals surface area contributed by atoms with Gasteiger partial charge >= 0.3 is 0 Å². The number of carbonyl (C=O) groups excluding carboxylic acids is 1. The van der Waals surface area contributed by atoms with E-state index in [0.717, 1.165) is 44.6 Å². The van der Waals surface area contributed by atoms with Crippen LogP contribution in [0.15, 0.2) is 66.2 Å². The molecule has 140 valence electrons. The van der Waals surface area contributed by atoms with Crippen LogP contribution in [0.4, 0.5) is 5.69 Å². The number of ketones is 1. The van der Waals surface area contributed by atoms with Gasteiger partial charge in [-0.05, 0) is 45.9 Å². The van der Waals surface area contributed by atoms with E-state index in [9.17, 15) is 4.79 Å². The van der Waals surface area contributed by atoms with Crippen molar-refractivity contribution in [2.24, 2.45) is 5.41 Å². The average Bonchev–Trinajstić information content (AvgIpc) is 2.66. The van der Waals surface area contributed by atoms with E-state index in [1.807, 2.05) is 30.3 Å². The van der Waals surface area contributed by atoms with E-state index in [4.69, 9.17) is 11.6 Å². The maximum Gasteiger partial charge on any atom is 0.164 e. The van der Waals surface area contributed by atoms with Gasteiger partial charge in [0.15, 0.2) is 5.78 Å². The number of fused-ring (bicyclic) bond motifs is 4. The minimum absolute atomic E-state index is 0.0564. The molecule has 0 bridgehead atoms. The second-order valence-electron chi connectivity index (χ2n) is 8.65. The molecule has 0 spiro atoms. The third-order valence-corrected chi connectivity index (χ3v) is 6.30. The van der Waals surface area contributed by atoms with E-state index in [1.165, 1.54) is 5.57 Å². The number of benzene rings is 3. The summed E-state index contributed by atoms with van der Waals surface area (Å²) >= 11 is 6.57. The topological polar surface area (TPSA) is 29.1 Å². The minimum Gasteiger partial charge on any atom is -0.374 e. The molecule has 1 aliphatic heterocycles. The normalized spacial score (nSPS) is 20.5. The summed E-state index contributed by atoms with van der Waals surface area (Å²) in [6.07, 6.45) is 1.45. The summed E-state index contributed by atoms with van der Waals surface area (Å²) < 4.78 is 0. The summed E-state index contributed by atoms with van der Waals surface area (Å²) in [4.78, 5) is 13.4. The Hall–Kier alpha value is -2.58. The molecule has 0 saturated heterocycles. The molecule has 1 N–H and O–H groups in total. The zero-order chi connectivity index (χ0) is 19.5. The highest BCUT2D eigenvalue weighted by atomic mass is 35.5. The second-order valence-corrected chi connectivity index (χ2v) is 9.06. The molecule has 1 atom stereocenters. The quantitative estimate of drug-likeness (QED) is 0.497. The van der Waals surface area contributed by atoms with Crippen LogP contribution in [0.1, 0.15) is 43.9 Å². The van der Waals surface area contributed by atoms with Crippen molar-refractivity contribution in [3.05, 3.63) is 82.4 Å². The summed E-state index contributed by atoms with van der Waals surface area (Å²) in [6.45, 7) is 4.36. The van der Waals surface area contributed by atoms with Crippen molar-refractivity contribution < 1.29 is 4.79 Å². The van der Waals surface area contributed by atoms with Gasteiger partial charge in [0.1, 0.15) is 0 Å². The van der Waals surface area contributed by atoms with Crippen LogP contribution in [0.2, 0.25) is 5.02 Å². The Morgan fingerprint density at radius 3 is 2.54 bits per heavy atom. The molecule has 0 amide bonds. The van der Waals surface area contributed by atoms with Gasteiger partial charge in [-0.15, -0.1) is 0 Å². The molecule has 0 radical (unpaired) electrons. The lowest BCUT2D eigenvalue weighted by atomic mass is 9.68. The van der Waals surface area contributed by atoms with E-state index in [1.54, 1.807) is 0 Å². The van der Waals surface area contributed by atoms with Gasteiger partial charge in [0.25, 0.3) is 0 Å². The summed E-state index contributed by atoms with van der Waals surface area (Å²) in [6, 6.07) is 20.4. The van der Waals surface area contributed by atoms with Gasteiger partial charge in [0, 0.05) is 28.3 Å². The molecule has 3 aromatic carbocycles. The summed E-state index contributed by atoms with van der Waals surface area (Å²) in [7, 11) is 0. The highest BCUT2D eigenvalue weighted by molar-refractivity contribution is 6.32. The summed E-state index contributed by atoms with van der Waals surface area (Å²) in [5.74, 6) is 0.238. The smallest absolute Gasteiger partial charge is 0.164 e. The molecule has 3 heteroatoms. The number of Topliss-reactive ketones (excluding diaryl/α,β-unsaturated/α-hetero) is 1. The first-order chi connectivity index (χ1) is 13.4. The van der Waals surface area contributed by atoms with Crippen LogP contribution >= 0.6 is 11.6 Å². The molecule has 0 fully saturated rings. The molecule has 0 saturated carbocycles. The van der Waals surface area contributed by atoms with Crippen LogP contribution in [-0.2, 0) is 4.79 Å². The minimum atomic E-state index is -0.0825. The summed E-state index contributed by atoms with van der Waals surface area (Å²) in [5.41, 5.74) is 5.10. The predicted octanol–water partition coefficient (Wildman–Crippen LogP) is 6.80. The van der Waals surface area contributed by atoms with Crippen LogP contribution in [0.25, 0.3) is 16.3 Å². The van der Waals surface area contributed by atoms with Crippen molar-refractivity contribution in [3.8, 4) is 0 Å².